The molecular formula is C31H29N3O4. The van der Waals surface area contributed by atoms with Gasteiger partial charge in [0.2, 0.25) is 23.4 Å². The number of allylic oxidation sites excluding steroid dienone is 1. The normalized spacial score (nSPS) is 19.5. The number of benzene rings is 3. The zero-order valence-corrected chi connectivity index (χ0v) is 21.1. The monoisotopic (exact) mass is 507 g/mol. The fraction of sp³-hybridized carbons (Fsp3) is 0.226. The predicted molar refractivity (Wildman–Crippen MR) is 144 cm³/mol. The van der Waals surface area contributed by atoms with Gasteiger partial charge in [0.1, 0.15) is 5.92 Å². The summed E-state index contributed by atoms with van der Waals surface area (Å²) in [6.45, 7) is 0.346. The van der Waals surface area contributed by atoms with E-state index < -0.39 is 29.4 Å². The van der Waals surface area contributed by atoms with Gasteiger partial charge in [0.15, 0.2) is 0 Å². The van der Waals surface area contributed by atoms with Crippen molar-refractivity contribution in [3.8, 4) is 0 Å². The number of carbonyl (C=O) groups is 4. The van der Waals surface area contributed by atoms with Crippen LogP contribution in [0.1, 0.15) is 23.6 Å². The van der Waals surface area contributed by atoms with Gasteiger partial charge in [0.25, 0.3) is 0 Å². The minimum absolute atomic E-state index is 0.0850. The van der Waals surface area contributed by atoms with Gasteiger partial charge in [-0.25, -0.2) is 0 Å². The van der Waals surface area contributed by atoms with Crippen molar-refractivity contribution < 1.29 is 19.2 Å². The van der Waals surface area contributed by atoms with E-state index in [1.165, 1.54) is 6.08 Å². The highest BCUT2D eigenvalue weighted by Crippen LogP contribution is 2.37. The van der Waals surface area contributed by atoms with Gasteiger partial charge in [0.05, 0.1) is 18.8 Å². The van der Waals surface area contributed by atoms with Gasteiger partial charge in [-0.05, 0) is 29.3 Å². The summed E-state index contributed by atoms with van der Waals surface area (Å²) in [6, 6.07) is 28.2. The molecule has 3 aromatic rings. The number of hydrogen-bond donors (Lipinski definition) is 0. The van der Waals surface area contributed by atoms with E-state index in [2.05, 4.69) is 4.90 Å². The number of ketones is 2. The molecule has 7 heteroatoms. The molecule has 1 aliphatic carbocycles. The van der Waals surface area contributed by atoms with Crippen LogP contribution in [0.4, 0.5) is 5.69 Å². The van der Waals surface area contributed by atoms with Gasteiger partial charge in [-0.3, -0.25) is 24.1 Å². The smallest absolute Gasteiger partial charge is 0.236 e. The summed E-state index contributed by atoms with van der Waals surface area (Å²) in [4.78, 5) is 57.1. The van der Waals surface area contributed by atoms with Crippen LogP contribution in [0.25, 0.3) is 0 Å². The van der Waals surface area contributed by atoms with E-state index in [1.807, 2.05) is 91.0 Å². The molecular weight excluding hydrogens is 478 g/mol. The first-order chi connectivity index (χ1) is 18.5. The van der Waals surface area contributed by atoms with Gasteiger partial charge in [-0.15, -0.1) is 0 Å². The SMILES string of the molecule is CN(C(=O)CCN1CN(C(c2ccccc2)c2ccccc2)C2C=CC(=O)C(=O)C2C1=O)c1ccccc1. The summed E-state index contributed by atoms with van der Waals surface area (Å²) in [6.07, 6.45) is 3.05. The van der Waals surface area contributed by atoms with Crippen LogP contribution in [0, 0.1) is 5.92 Å². The Bertz CT molecular complexity index is 1320. The van der Waals surface area contributed by atoms with Crippen molar-refractivity contribution in [3.63, 3.8) is 0 Å². The summed E-state index contributed by atoms with van der Waals surface area (Å²) in [5.74, 6) is -3.07. The molecule has 7 nitrogen and oxygen atoms in total. The standard InChI is InChI=1S/C31H29N3O4/c1-32(24-15-9-4-10-16-24)27(36)19-20-33-21-34(25-17-18-26(35)30(37)28(25)31(33)38)29(22-11-5-2-6-12-22)23-13-7-3-8-14-23/h2-18,25,28-29H,19-21H2,1H3. The van der Waals surface area contributed by atoms with E-state index >= 15 is 0 Å². The maximum atomic E-state index is 13.6. The van der Waals surface area contributed by atoms with Gasteiger partial charge in [0, 0.05) is 25.7 Å². The number of anilines is 1. The van der Waals surface area contributed by atoms with E-state index in [1.54, 1.807) is 22.9 Å². The average Bonchev–Trinajstić information content (AvgIpc) is 2.96. The molecule has 1 heterocycles. The third kappa shape index (κ3) is 4.93. The van der Waals surface area contributed by atoms with Crippen molar-refractivity contribution in [3.05, 3.63) is 114 Å². The summed E-state index contributed by atoms with van der Waals surface area (Å²) in [5, 5.41) is 0. The highest BCUT2D eigenvalue weighted by Gasteiger charge is 2.49. The number of hydrogen-bond acceptors (Lipinski definition) is 5. The molecule has 0 saturated carbocycles. The third-order valence-electron chi connectivity index (χ3n) is 7.28. The number of amides is 2. The van der Waals surface area contributed by atoms with Crippen molar-refractivity contribution in [2.45, 2.75) is 18.5 Å². The van der Waals surface area contributed by atoms with Crippen molar-refractivity contribution in [1.29, 1.82) is 0 Å². The van der Waals surface area contributed by atoms with E-state index in [4.69, 9.17) is 0 Å². The molecule has 0 N–H and O–H groups in total. The largest absolute Gasteiger partial charge is 0.328 e. The fourth-order valence-electron chi connectivity index (χ4n) is 5.28. The second kappa shape index (κ2) is 10.9. The maximum Gasteiger partial charge on any atom is 0.236 e. The maximum absolute atomic E-state index is 13.6. The number of carbonyl (C=O) groups excluding carboxylic acids is 4. The minimum atomic E-state index is -1.14. The van der Waals surface area contributed by atoms with Gasteiger partial charge >= 0.3 is 0 Å². The molecule has 2 aliphatic rings. The number of rotatable bonds is 7. The topological polar surface area (TPSA) is 78.0 Å². The van der Waals surface area contributed by atoms with Crippen LogP contribution >= 0.6 is 0 Å². The van der Waals surface area contributed by atoms with Crippen molar-refractivity contribution >= 4 is 29.1 Å². The molecule has 1 aliphatic heterocycles. The molecule has 0 spiro atoms. The van der Waals surface area contributed by atoms with Crippen LogP contribution < -0.4 is 4.90 Å². The Kier molecular flexibility index (Phi) is 7.29. The van der Waals surface area contributed by atoms with Crippen LogP contribution in [0.2, 0.25) is 0 Å². The van der Waals surface area contributed by atoms with Gasteiger partial charge in [-0.2, -0.15) is 0 Å². The number of fused-ring (bicyclic) bond motifs is 1. The molecule has 2 atom stereocenters. The fourth-order valence-corrected chi connectivity index (χ4v) is 5.28. The lowest BCUT2D eigenvalue weighted by molar-refractivity contribution is -0.157. The zero-order valence-electron chi connectivity index (χ0n) is 21.1. The molecule has 192 valence electrons. The predicted octanol–water partition coefficient (Wildman–Crippen LogP) is 3.62. The zero-order chi connectivity index (χ0) is 26.6. The molecule has 3 aromatic carbocycles. The molecule has 1 saturated heterocycles. The average molecular weight is 508 g/mol. The number of nitrogens with zero attached hydrogens (tertiary/aromatic N) is 3. The first kappa shape index (κ1) is 25.3. The Morgan fingerprint density at radius 1 is 0.868 bits per heavy atom. The van der Waals surface area contributed by atoms with Gasteiger partial charge in [-0.1, -0.05) is 84.9 Å². The lowest BCUT2D eigenvalue weighted by Crippen LogP contribution is -2.63. The second-order valence-corrected chi connectivity index (χ2v) is 9.58. The highest BCUT2D eigenvalue weighted by molar-refractivity contribution is 6.46. The van der Waals surface area contributed by atoms with Crippen LogP contribution in [0.15, 0.2) is 103 Å². The first-order valence-corrected chi connectivity index (χ1v) is 12.7. The Morgan fingerprint density at radius 2 is 1.42 bits per heavy atom. The molecule has 0 aromatic heterocycles. The van der Waals surface area contributed by atoms with Crippen molar-refractivity contribution in [2.24, 2.45) is 5.92 Å². The number of Topliss-reactive ketones (excluding diaryl/α,β-unsaturated/α-hetero) is 1. The lowest BCUT2D eigenvalue weighted by Gasteiger charge is -2.48. The highest BCUT2D eigenvalue weighted by atomic mass is 16.2. The van der Waals surface area contributed by atoms with Crippen LogP contribution in [-0.2, 0) is 19.2 Å². The first-order valence-electron chi connectivity index (χ1n) is 12.7. The molecule has 5 rings (SSSR count). The summed E-state index contributed by atoms with van der Waals surface area (Å²) < 4.78 is 0. The van der Waals surface area contributed by atoms with Crippen LogP contribution in [-0.4, -0.2) is 59.5 Å². The van der Waals surface area contributed by atoms with E-state index in [0.29, 0.717) is 0 Å². The third-order valence-corrected chi connectivity index (χ3v) is 7.28. The van der Waals surface area contributed by atoms with Crippen LogP contribution in [0.3, 0.4) is 0 Å². The molecule has 0 radical (unpaired) electrons. The summed E-state index contributed by atoms with van der Waals surface area (Å²) in [5.41, 5.74) is 2.77. The number of para-hydroxylation sites is 1. The van der Waals surface area contributed by atoms with E-state index in [0.717, 1.165) is 16.8 Å². The van der Waals surface area contributed by atoms with E-state index in [9.17, 15) is 19.2 Å². The van der Waals surface area contributed by atoms with Crippen LogP contribution in [0.5, 0.6) is 0 Å². The Balaban J connectivity index is 1.47. The Morgan fingerprint density at radius 3 is 2.00 bits per heavy atom. The summed E-state index contributed by atoms with van der Waals surface area (Å²) >= 11 is 0. The molecule has 38 heavy (non-hydrogen) atoms. The van der Waals surface area contributed by atoms with Gasteiger partial charge < -0.3 is 9.80 Å². The lowest BCUT2D eigenvalue weighted by atomic mass is 9.82. The summed E-state index contributed by atoms with van der Waals surface area (Å²) in [7, 11) is 1.70. The Labute approximate surface area is 222 Å². The Hall–Kier alpha value is -4.36. The molecule has 2 unspecified atom stereocenters. The van der Waals surface area contributed by atoms with E-state index in [-0.39, 0.29) is 31.6 Å². The second-order valence-electron chi connectivity index (χ2n) is 9.58. The molecule has 2 amide bonds. The molecule has 1 fully saturated rings. The molecule has 0 bridgehead atoms. The van der Waals surface area contributed by atoms with Crippen molar-refractivity contribution in [2.75, 3.05) is 25.2 Å². The van der Waals surface area contributed by atoms with Crippen molar-refractivity contribution in [1.82, 2.24) is 9.80 Å². The minimum Gasteiger partial charge on any atom is -0.328 e. The quantitative estimate of drug-likeness (QED) is 0.361.